The lowest BCUT2D eigenvalue weighted by molar-refractivity contribution is -0.209. The molecule has 5 nitrogen and oxygen atoms in total. The summed E-state index contributed by atoms with van der Waals surface area (Å²) in [7, 11) is 0. The van der Waals surface area contributed by atoms with Gasteiger partial charge in [-0.25, -0.2) is 4.98 Å². The van der Waals surface area contributed by atoms with E-state index in [0.29, 0.717) is 31.4 Å². The minimum absolute atomic E-state index is 0.0377. The quantitative estimate of drug-likeness (QED) is 0.892. The van der Waals surface area contributed by atoms with Crippen LogP contribution in [0.4, 0.5) is 5.13 Å². The highest BCUT2D eigenvalue weighted by atomic mass is 35.5. The highest BCUT2D eigenvalue weighted by Crippen LogP contribution is 2.34. The molecule has 2 aliphatic rings. The molecule has 1 unspecified atom stereocenters. The number of rotatable bonds is 4. The predicted octanol–water partition coefficient (Wildman–Crippen LogP) is 3.80. The minimum atomic E-state index is -0.434. The van der Waals surface area contributed by atoms with Crippen molar-refractivity contribution >= 4 is 28.1 Å². The second-order valence-corrected chi connectivity index (χ2v) is 7.24. The van der Waals surface area contributed by atoms with Crippen molar-refractivity contribution in [3.8, 4) is 11.3 Å². The van der Waals surface area contributed by atoms with E-state index >= 15 is 0 Å². The zero-order chi connectivity index (χ0) is 16.4. The van der Waals surface area contributed by atoms with Gasteiger partial charge in [0.05, 0.1) is 25.5 Å². The van der Waals surface area contributed by atoms with Crippen LogP contribution in [0.25, 0.3) is 11.3 Å². The van der Waals surface area contributed by atoms with Gasteiger partial charge in [0.1, 0.15) is 6.10 Å². The van der Waals surface area contributed by atoms with Gasteiger partial charge in [-0.3, -0.25) is 0 Å². The fraction of sp³-hybridized carbons (Fsp3) is 0.471. The van der Waals surface area contributed by atoms with Crippen molar-refractivity contribution in [3.05, 3.63) is 34.7 Å². The molecule has 4 rings (SSSR count). The fourth-order valence-electron chi connectivity index (χ4n) is 3.01. The molecule has 2 saturated heterocycles. The van der Waals surface area contributed by atoms with Crippen LogP contribution in [0, 0.1) is 0 Å². The molecule has 0 aliphatic carbocycles. The van der Waals surface area contributed by atoms with Crippen LogP contribution in [0.2, 0.25) is 5.02 Å². The number of ether oxygens (including phenoxy) is 3. The van der Waals surface area contributed by atoms with Crippen LogP contribution in [0.15, 0.2) is 29.6 Å². The SMILES string of the molecule is Clc1ccccc1-c1csc(NCC2COC3(CCOCC3)O2)n1. The third-order valence-electron chi connectivity index (χ3n) is 4.30. The van der Waals surface area contributed by atoms with Crippen LogP contribution in [-0.2, 0) is 14.2 Å². The Bertz CT molecular complexity index is 703. The number of hydrogen-bond donors (Lipinski definition) is 1. The average Bonchev–Trinajstić information content (AvgIpc) is 3.22. The third-order valence-corrected chi connectivity index (χ3v) is 5.43. The van der Waals surface area contributed by atoms with Crippen LogP contribution in [0.3, 0.4) is 0 Å². The number of nitrogens with zero attached hydrogens (tertiary/aromatic N) is 1. The summed E-state index contributed by atoms with van der Waals surface area (Å²) in [6.07, 6.45) is 1.64. The van der Waals surface area contributed by atoms with Crippen LogP contribution in [-0.4, -0.2) is 43.2 Å². The van der Waals surface area contributed by atoms with Crippen molar-refractivity contribution in [3.63, 3.8) is 0 Å². The van der Waals surface area contributed by atoms with Gasteiger partial charge < -0.3 is 19.5 Å². The first-order valence-electron chi connectivity index (χ1n) is 8.08. The van der Waals surface area contributed by atoms with E-state index in [2.05, 4.69) is 10.3 Å². The molecule has 2 aliphatic heterocycles. The lowest BCUT2D eigenvalue weighted by Gasteiger charge is -2.31. The molecule has 3 heterocycles. The predicted molar refractivity (Wildman–Crippen MR) is 94.7 cm³/mol. The summed E-state index contributed by atoms with van der Waals surface area (Å²) in [6.45, 7) is 2.69. The highest BCUT2D eigenvalue weighted by molar-refractivity contribution is 7.14. The number of thiazole rings is 1. The zero-order valence-electron chi connectivity index (χ0n) is 13.2. The molecule has 1 aromatic heterocycles. The molecule has 1 N–H and O–H groups in total. The smallest absolute Gasteiger partial charge is 0.183 e. The first-order chi connectivity index (χ1) is 11.7. The second-order valence-electron chi connectivity index (χ2n) is 5.97. The van der Waals surface area contributed by atoms with Gasteiger partial charge in [0, 0.05) is 35.4 Å². The van der Waals surface area contributed by atoms with Crippen LogP contribution < -0.4 is 5.32 Å². The molecule has 1 aromatic carbocycles. The van der Waals surface area contributed by atoms with Crippen LogP contribution >= 0.6 is 22.9 Å². The van der Waals surface area contributed by atoms with E-state index < -0.39 is 5.79 Å². The molecule has 1 spiro atoms. The standard InChI is InChI=1S/C17H19ClN2O3S/c18-14-4-2-1-3-13(14)15-11-24-16(20-15)19-9-12-10-22-17(23-12)5-7-21-8-6-17/h1-4,11-12H,5-10H2,(H,19,20). The van der Waals surface area contributed by atoms with Crippen molar-refractivity contribution < 1.29 is 14.2 Å². The second kappa shape index (κ2) is 6.98. The number of aromatic nitrogens is 1. The van der Waals surface area contributed by atoms with Gasteiger partial charge >= 0.3 is 0 Å². The maximum Gasteiger partial charge on any atom is 0.183 e. The largest absolute Gasteiger partial charge is 0.381 e. The first-order valence-corrected chi connectivity index (χ1v) is 9.34. The molecule has 128 valence electrons. The first kappa shape index (κ1) is 16.3. The molecule has 0 saturated carbocycles. The minimum Gasteiger partial charge on any atom is -0.381 e. The number of hydrogen-bond acceptors (Lipinski definition) is 6. The number of nitrogens with one attached hydrogen (secondary N) is 1. The van der Waals surface area contributed by atoms with Gasteiger partial charge in [0.2, 0.25) is 0 Å². The van der Waals surface area contributed by atoms with E-state index in [0.717, 1.165) is 29.2 Å². The Morgan fingerprint density at radius 1 is 1.29 bits per heavy atom. The van der Waals surface area contributed by atoms with Crippen molar-refractivity contribution in [2.24, 2.45) is 0 Å². The maximum atomic E-state index is 6.23. The molecule has 1 atom stereocenters. The summed E-state index contributed by atoms with van der Waals surface area (Å²) in [5, 5.41) is 6.93. The van der Waals surface area contributed by atoms with Gasteiger partial charge in [0.15, 0.2) is 10.9 Å². The molecule has 0 amide bonds. The Morgan fingerprint density at radius 3 is 2.96 bits per heavy atom. The van der Waals surface area contributed by atoms with E-state index in [-0.39, 0.29) is 6.10 Å². The van der Waals surface area contributed by atoms with Crippen LogP contribution in [0.5, 0.6) is 0 Å². The van der Waals surface area contributed by atoms with Gasteiger partial charge in [0.25, 0.3) is 0 Å². The topological polar surface area (TPSA) is 52.6 Å². The summed E-state index contributed by atoms with van der Waals surface area (Å²) >= 11 is 7.80. The Hall–Kier alpha value is -1.18. The molecule has 7 heteroatoms. The molecule has 2 fully saturated rings. The van der Waals surface area contributed by atoms with Gasteiger partial charge in [-0.15, -0.1) is 11.3 Å². The summed E-state index contributed by atoms with van der Waals surface area (Å²) in [4.78, 5) is 4.61. The maximum absolute atomic E-state index is 6.23. The Balaban J connectivity index is 1.35. The average molecular weight is 367 g/mol. The number of benzene rings is 1. The Morgan fingerprint density at radius 2 is 2.12 bits per heavy atom. The molecular formula is C17H19ClN2O3S. The number of halogens is 1. The molecule has 2 aromatic rings. The van der Waals surface area contributed by atoms with Gasteiger partial charge in [-0.05, 0) is 6.07 Å². The van der Waals surface area contributed by atoms with E-state index in [4.69, 9.17) is 25.8 Å². The third kappa shape index (κ3) is 3.43. The van der Waals surface area contributed by atoms with Gasteiger partial charge in [-0.1, -0.05) is 29.8 Å². The summed E-state index contributed by atoms with van der Waals surface area (Å²) in [6, 6.07) is 7.73. The van der Waals surface area contributed by atoms with Crippen molar-refractivity contribution in [1.29, 1.82) is 0 Å². The summed E-state index contributed by atoms with van der Waals surface area (Å²) in [5.41, 5.74) is 1.84. The highest BCUT2D eigenvalue weighted by Gasteiger charge is 2.42. The monoisotopic (exact) mass is 366 g/mol. The molecule has 24 heavy (non-hydrogen) atoms. The molecule has 0 radical (unpaired) electrons. The zero-order valence-corrected chi connectivity index (χ0v) is 14.7. The van der Waals surface area contributed by atoms with Crippen molar-refractivity contribution in [2.75, 3.05) is 31.7 Å². The van der Waals surface area contributed by atoms with Crippen molar-refractivity contribution in [2.45, 2.75) is 24.7 Å². The lowest BCUT2D eigenvalue weighted by Crippen LogP contribution is -2.38. The molecule has 0 bridgehead atoms. The summed E-state index contributed by atoms with van der Waals surface area (Å²) < 4.78 is 17.4. The fourth-order valence-corrected chi connectivity index (χ4v) is 3.96. The lowest BCUT2D eigenvalue weighted by atomic mass is 10.1. The summed E-state index contributed by atoms with van der Waals surface area (Å²) in [5.74, 6) is -0.434. The normalized spacial score (nSPS) is 22.8. The Kier molecular flexibility index (Phi) is 4.74. The van der Waals surface area contributed by atoms with Crippen LogP contribution in [0.1, 0.15) is 12.8 Å². The van der Waals surface area contributed by atoms with E-state index in [1.165, 1.54) is 0 Å². The van der Waals surface area contributed by atoms with E-state index in [1.54, 1.807) is 11.3 Å². The Labute approximate surface area is 149 Å². The van der Waals surface area contributed by atoms with E-state index in [1.807, 2.05) is 29.6 Å². The number of anilines is 1. The van der Waals surface area contributed by atoms with Gasteiger partial charge in [-0.2, -0.15) is 0 Å². The van der Waals surface area contributed by atoms with E-state index in [9.17, 15) is 0 Å². The van der Waals surface area contributed by atoms with Crippen molar-refractivity contribution in [1.82, 2.24) is 4.98 Å². The molecular weight excluding hydrogens is 348 g/mol.